The second-order valence-electron chi connectivity index (χ2n) is 5.89. The zero-order chi connectivity index (χ0) is 18.4. The third kappa shape index (κ3) is 4.90. The summed E-state index contributed by atoms with van der Waals surface area (Å²) >= 11 is 0. The van der Waals surface area contributed by atoms with E-state index in [1.807, 2.05) is 12.1 Å². The fourth-order valence-electron chi connectivity index (χ4n) is 2.35. The number of carbonyl (C=O) groups excluding carboxylic acids is 1. The highest BCUT2D eigenvalue weighted by molar-refractivity contribution is 7.89. The Labute approximate surface area is 149 Å². The van der Waals surface area contributed by atoms with Crippen LogP contribution in [-0.2, 0) is 21.3 Å². The van der Waals surface area contributed by atoms with Gasteiger partial charge in [0.25, 0.3) is 0 Å². The van der Waals surface area contributed by atoms with Crippen LogP contribution in [0.3, 0.4) is 0 Å². The molecule has 0 saturated carbocycles. The highest BCUT2D eigenvalue weighted by Crippen LogP contribution is 2.20. The maximum absolute atomic E-state index is 12.4. The van der Waals surface area contributed by atoms with Crippen molar-refractivity contribution < 1.29 is 17.9 Å². The van der Waals surface area contributed by atoms with Crippen molar-refractivity contribution in [1.82, 2.24) is 4.72 Å². The van der Waals surface area contributed by atoms with Gasteiger partial charge in [-0.05, 0) is 47.7 Å². The van der Waals surface area contributed by atoms with Gasteiger partial charge in [-0.15, -0.1) is 0 Å². The summed E-state index contributed by atoms with van der Waals surface area (Å²) in [5.74, 6) is -0.0217. The van der Waals surface area contributed by atoms with Crippen molar-refractivity contribution in [1.29, 1.82) is 0 Å². The van der Waals surface area contributed by atoms with Crippen LogP contribution in [0, 0.1) is 0 Å². The van der Waals surface area contributed by atoms with Gasteiger partial charge in [0.2, 0.25) is 10.0 Å². The average Bonchev–Trinajstić information content (AvgIpc) is 2.65. The molecule has 0 aliphatic rings. The Hall–Kier alpha value is -2.18. The molecule has 0 spiro atoms. The molecule has 1 atom stereocenters. The Morgan fingerprint density at radius 2 is 1.68 bits per heavy atom. The van der Waals surface area contributed by atoms with Gasteiger partial charge < -0.3 is 4.74 Å². The minimum Gasteiger partial charge on any atom is -0.465 e. The molecule has 0 aromatic heterocycles. The van der Waals surface area contributed by atoms with Gasteiger partial charge >= 0.3 is 5.97 Å². The monoisotopic (exact) mass is 361 g/mol. The maximum atomic E-state index is 12.4. The van der Waals surface area contributed by atoms with Crippen LogP contribution in [-0.4, -0.2) is 21.5 Å². The van der Waals surface area contributed by atoms with Crippen molar-refractivity contribution in [2.75, 3.05) is 7.11 Å². The maximum Gasteiger partial charge on any atom is 0.337 e. The third-order valence-electron chi connectivity index (χ3n) is 4.21. The Morgan fingerprint density at radius 3 is 2.20 bits per heavy atom. The number of rotatable bonds is 7. The topological polar surface area (TPSA) is 72.5 Å². The Balaban J connectivity index is 2.05. The summed E-state index contributed by atoms with van der Waals surface area (Å²) in [5, 5.41) is 0. The SMILES string of the molecule is CCC(C)c1ccc(S(=O)(=O)NCc2ccc(C(=O)OC)cc2)cc1. The smallest absolute Gasteiger partial charge is 0.337 e. The van der Waals surface area contributed by atoms with Gasteiger partial charge in [-0.1, -0.05) is 38.1 Å². The van der Waals surface area contributed by atoms with E-state index in [9.17, 15) is 13.2 Å². The van der Waals surface area contributed by atoms with Crippen LogP contribution >= 0.6 is 0 Å². The number of benzene rings is 2. The van der Waals surface area contributed by atoms with Crippen LogP contribution in [0.25, 0.3) is 0 Å². The molecular formula is C19H23NO4S. The summed E-state index contributed by atoms with van der Waals surface area (Å²) in [7, 11) is -2.26. The number of sulfonamides is 1. The first-order chi connectivity index (χ1) is 11.9. The lowest BCUT2D eigenvalue weighted by Crippen LogP contribution is -2.23. The lowest BCUT2D eigenvalue weighted by molar-refractivity contribution is 0.0600. The molecule has 5 nitrogen and oxygen atoms in total. The van der Waals surface area contributed by atoms with Crippen molar-refractivity contribution in [2.24, 2.45) is 0 Å². The predicted molar refractivity (Wildman–Crippen MR) is 97.0 cm³/mol. The normalized spacial score (nSPS) is 12.6. The first kappa shape index (κ1) is 19.1. The molecule has 0 heterocycles. The fraction of sp³-hybridized carbons (Fsp3) is 0.316. The molecule has 1 N–H and O–H groups in total. The number of hydrogen-bond acceptors (Lipinski definition) is 4. The molecule has 1 unspecified atom stereocenters. The molecule has 2 rings (SSSR count). The molecular weight excluding hydrogens is 338 g/mol. The van der Waals surface area contributed by atoms with E-state index < -0.39 is 16.0 Å². The van der Waals surface area contributed by atoms with Crippen molar-refractivity contribution in [3.63, 3.8) is 0 Å². The first-order valence-electron chi connectivity index (χ1n) is 8.14. The summed E-state index contributed by atoms with van der Waals surface area (Å²) in [6.45, 7) is 4.36. The van der Waals surface area contributed by atoms with Gasteiger partial charge in [0.05, 0.1) is 17.6 Å². The molecule has 0 fully saturated rings. The molecule has 0 amide bonds. The number of methoxy groups -OCH3 is 1. The molecule has 0 radical (unpaired) electrons. The number of hydrogen-bond donors (Lipinski definition) is 1. The molecule has 2 aromatic rings. The van der Waals surface area contributed by atoms with Crippen LogP contribution in [0.4, 0.5) is 0 Å². The lowest BCUT2D eigenvalue weighted by Gasteiger charge is -2.11. The standard InChI is InChI=1S/C19H23NO4S/c1-4-14(2)16-9-11-18(12-10-16)25(22,23)20-13-15-5-7-17(8-6-15)19(21)24-3/h5-12,14,20H,4,13H2,1-3H3. The molecule has 25 heavy (non-hydrogen) atoms. The third-order valence-corrected chi connectivity index (χ3v) is 5.63. The number of ether oxygens (including phenoxy) is 1. The molecule has 0 saturated heterocycles. The van der Waals surface area contributed by atoms with E-state index in [0.29, 0.717) is 11.5 Å². The van der Waals surface area contributed by atoms with E-state index in [4.69, 9.17) is 0 Å². The van der Waals surface area contributed by atoms with Crippen LogP contribution in [0.5, 0.6) is 0 Å². The predicted octanol–water partition coefficient (Wildman–Crippen LogP) is 3.47. The summed E-state index contributed by atoms with van der Waals surface area (Å²) < 4.78 is 32.0. The van der Waals surface area contributed by atoms with E-state index in [0.717, 1.165) is 17.5 Å². The molecule has 0 aliphatic heterocycles. The summed E-state index contributed by atoms with van der Waals surface area (Å²) in [4.78, 5) is 11.6. The minimum absolute atomic E-state index is 0.150. The molecule has 0 aliphatic carbocycles. The Morgan fingerprint density at radius 1 is 1.08 bits per heavy atom. The average molecular weight is 361 g/mol. The van der Waals surface area contributed by atoms with Crippen molar-refractivity contribution >= 4 is 16.0 Å². The Kier molecular flexibility index (Phi) is 6.33. The molecule has 6 heteroatoms. The van der Waals surface area contributed by atoms with E-state index in [1.165, 1.54) is 7.11 Å². The number of esters is 1. The first-order valence-corrected chi connectivity index (χ1v) is 9.62. The zero-order valence-corrected chi connectivity index (χ0v) is 15.5. The van der Waals surface area contributed by atoms with E-state index in [1.54, 1.807) is 36.4 Å². The lowest BCUT2D eigenvalue weighted by atomic mass is 9.99. The quantitative estimate of drug-likeness (QED) is 0.767. The number of nitrogens with one attached hydrogen (secondary N) is 1. The van der Waals surface area contributed by atoms with Crippen molar-refractivity contribution in [2.45, 2.75) is 37.6 Å². The Bertz CT molecular complexity index is 812. The van der Waals surface area contributed by atoms with Gasteiger partial charge in [0.15, 0.2) is 0 Å². The molecule has 0 bridgehead atoms. The number of carbonyl (C=O) groups is 1. The van der Waals surface area contributed by atoms with Gasteiger partial charge in [-0.3, -0.25) is 0 Å². The van der Waals surface area contributed by atoms with Gasteiger partial charge in [0.1, 0.15) is 0 Å². The highest BCUT2D eigenvalue weighted by Gasteiger charge is 2.14. The second-order valence-corrected chi connectivity index (χ2v) is 7.66. The van der Waals surface area contributed by atoms with Crippen molar-refractivity contribution in [3.8, 4) is 0 Å². The summed E-state index contributed by atoms with van der Waals surface area (Å²) in [6.07, 6.45) is 1.01. The fourth-order valence-corrected chi connectivity index (χ4v) is 3.37. The zero-order valence-electron chi connectivity index (χ0n) is 14.7. The highest BCUT2D eigenvalue weighted by atomic mass is 32.2. The van der Waals surface area contributed by atoms with Gasteiger partial charge in [0, 0.05) is 6.54 Å². The van der Waals surface area contributed by atoms with Gasteiger partial charge in [-0.25, -0.2) is 17.9 Å². The summed E-state index contributed by atoms with van der Waals surface area (Å²) in [6, 6.07) is 13.6. The van der Waals surface area contributed by atoms with E-state index in [2.05, 4.69) is 23.3 Å². The molecule has 2 aromatic carbocycles. The second kappa shape index (κ2) is 8.27. The van der Waals surface area contributed by atoms with Crippen LogP contribution in [0.2, 0.25) is 0 Å². The van der Waals surface area contributed by atoms with E-state index >= 15 is 0 Å². The largest absolute Gasteiger partial charge is 0.465 e. The minimum atomic E-state index is -3.58. The van der Waals surface area contributed by atoms with Crippen LogP contribution in [0.1, 0.15) is 47.7 Å². The van der Waals surface area contributed by atoms with Crippen LogP contribution < -0.4 is 4.72 Å². The van der Waals surface area contributed by atoms with E-state index in [-0.39, 0.29) is 11.4 Å². The molecule has 134 valence electrons. The van der Waals surface area contributed by atoms with Gasteiger partial charge in [-0.2, -0.15) is 0 Å². The van der Waals surface area contributed by atoms with Crippen molar-refractivity contribution in [3.05, 3.63) is 65.2 Å². The summed E-state index contributed by atoms with van der Waals surface area (Å²) in [5.41, 5.74) is 2.31. The van der Waals surface area contributed by atoms with Crippen LogP contribution in [0.15, 0.2) is 53.4 Å².